The van der Waals surface area contributed by atoms with E-state index >= 15 is 0 Å². The molecule has 5 rings (SSSR count). The zero-order valence-corrected chi connectivity index (χ0v) is 25.0. The molecule has 15 heteroatoms. The van der Waals surface area contributed by atoms with Crippen molar-refractivity contribution < 1.29 is 29.3 Å². The highest BCUT2D eigenvalue weighted by Gasteiger charge is 2.08. The number of nitrogens with two attached hydrogens (primary N) is 1. The third-order valence-electron chi connectivity index (χ3n) is 5.06. The Bertz CT molecular complexity index is 1620. The van der Waals surface area contributed by atoms with Crippen LogP contribution in [0.5, 0.6) is 11.5 Å². The van der Waals surface area contributed by atoms with Crippen molar-refractivity contribution >= 4 is 75.3 Å². The van der Waals surface area contributed by atoms with Gasteiger partial charge in [0.1, 0.15) is 22.8 Å². The number of halogens is 4. The molecule has 0 fully saturated rings. The lowest BCUT2D eigenvalue weighted by atomic mass is 10.1. The van der Waals surface area contributed by atoms with Crippen molar-refractivity contribution in [1.82, 2.24) is 19.9 Å². The number of imidazole rings is 1. The first-order chi connectivity index (χ1) is 20.5. The summed E-state index contributed by atoms with van der Waals surface area (Å²) >= 11 is 22.7. The van der Waals surface area contributed by atoms with E-state index < -0.39 is 25.2 Å². The van der Waals surface area contributed by atoms with Crippen molar-refractivity contribution in [3.63, 3.8) is 0 Å². The molecule has 0 saturated carbocycles. The third-order valence-corrected chi connectivity index (χ3v) is 6.12. The molecule has 0 unspecified atom stereocenters. The average Bonchev–Trinajstić information content (AvgIpc) is 3.43. The van der Waals surface area contributed by atoms with Crippen LogP contribution in [0.2, 0.25) is 20.1 Å². The van der Waals surface area contributed by atoms with Crippen LogP contribution in [-0.2, 0) is 16.0 Å². The lowest BCUT2D eigenvalue weighted by molar-refractivity contribution is -0.140. The number of nitrogen functional groups attached to an aromatic ring is 1. The zero-order chi connectivity index (χ0) is 31.4. The predicted octanol–water partition coefficient (Wildman–Crippen LogP) is 6.44. The number of rotatable bonds is 8. The molecule has 0 bridgehead atoms. The summed E-state index contributed by atoms with van der Waals surface area (Å²) in [5.74, 6) is -0.342. The zero-order valence-electron chi connectivity index (χ0n) is 22.0. The van der Waals surface area contributed by atoms with Gasteiger partial charge in [0, 0.05) is 16.5 Å². The molecule has 0 radical (unpaired) electrons. The number of benzene rings is 3. The molecule has 5 N–H and O–H groups in total. The maximum atomic E-state index is 10.2. The summed E-state index contributed by atoms with van der Waals surface area (Å²) in [6.45, 7) is -0.831. The number of hydrogen-bond acceptors (Lipinski definition) is 8. The van der Waals surface area contributed by atoms with E-state index in [9.17, 15) is 9.59 Å². The summed E-state index contributed by atoms with van der Waals surface area (Å²) in [5.41, 5.74) is 8.30. The first kappa shape index (κ1) is 33.2. The molecule has 0 aliphatic carbocycles. The quantitative estimate of drug-likeness (QED) is 0.144. The SMILES string of the molecule is Nc1nc(Cc2ccccc2)nc2nc[nH]c12.O=C(O)COc1ccc(Cl)cc1Cl.O=C(O)COc1ccc(Cl)cc1Cl. The van der Waals surface area contributed by atoms with Gasteiger partial charge in [0.05, 0.1) is 16.4 Å². The van der Waals surface area contributed by atoms with Crippen LogP contribution in [0, 0.1) is 0 Å². The first-order valence-electron chi connectivity index (χ1n) is 12.1. The van der Waals surface area contributed by atoms with Gasteiger partial charge in [-0.05, 0) is 42.0 Å². The number of fused-ring (bicyclic) bond motifs is 1. The molecular weight excluding hydrogens is 644 g/mol. The van der Waals surface area contributed by atoms with Crippen LogP contribution in [-0.4, -0.2) is 55.3 Å². The van der Waals surface area contributed by atoms with Crippen molar-refractivity contribution in [3.05, 3.63) is 105 Å². The molecule has 43 heavy (non-hydrogen) atoms. The van der Waals surface area contributed by atoms with Gasteiger partial charge in [-0.25, -0.2) is 24.5 Å². The summed E-state index contributed by atoms with van der Waals surface area (Å²) < 4.78 is 9.73. The molecule has 224 valence electrons. The van der Waals surface area contributed by atoms with Crippen molar-refractivity contribution in [1.29, 1.82) is 0 Å². The van der Waals surface area contributed by atoms with Crippen LogP contribution >= 0.6 is 46.4 Å². The predicted molar refractivity (Wildman–Crippen MR) is 165 cm³/mol. The molecule has 3 aromatic carbocycles. The smallest absolute Gasteiger partial charge is 0.341 e. The number of H-pyrrole nitrogens is 1. The highest BCUT2D eigenvalue weighted by Crippen LogP contribution is 2.28. The number of hydrogen-bond donors (Lipinski definition) is 4. The van der Waals surface area contributed by atoms with Gasteiger partial charge in [-0.3, -0.25) is 0 Å². The van der Waals surface area contributed by atoms with Crippen LogP contribution in [0.15, 0.2) is 73.1 Å². The average molecular weight is 667 g/mol. The fourth-order valence-electron chi connectivity index (χ4n) is 3.22. The van der Waals surface area contributed by atoms with Crippen LogP contribution < -0.4 is 15.2 Å². The molecule has 0 atom stereocenters. The van der Waals surface area contributed by atoms with E-state index in [1.54, 1.807) is 18.5 Å². The molecule has 11 nitrogen and oxygen atoms in total. The van der Waals surface area contributed by atoms with Crippen molar-refractivity contribution in [2.45, 2.75) is 6.42 Å². The van der Waals surface area contributed by atoms with E-state index in [1.165, 1.54) is 24.3 Å². The Morgan fingerprint density at radius 3 is 1.81 bits per heavy atom. The molecule has 0 amide bonds. The van der Waals surface area contributed by atoms with Gasteiger partial charge in [0.2, 0.25) is 0 Å². The lowest BCUT2D eigenvalue weighted by Crippen LogP contribution is -2.09. The Hall–Kier alpha value is -4.29. The summed E-state index contributed by atoms with van der Waals surface area (Å²) in [6.07, 6.45) is 2.23. The van der Waals surface area contributed by atoms with E-state index in [2.05, 4.69) is 19.9 Å². The normalized spacial score (nSPS) is 10.1. The van der Waals surface area contributed by atoms with Gasteiger partial charge >= 0.3 is 11.9 Å². The third kappa shape index (κ3) is 11.1. The van der Waals surface area contributed by atoms with E-state index in [0.717, 1.165) is 5.56 Å². The van der Waals surface area contributed by atoms with Gasteiger partial charge < -0.3 is 30.4 Å². The van der Waals surface area contributed by atoms with Gasteiger partial charge in [-0.1, -0.05) is 76.7 Å². The molecule has 0 aliphatic heterocycles. The fraction of sp³-hybridized carbons (Fsp3) is 0.107. The molecule has 2 heterocycles. The second-order valence-corrected chi connectivity index (χ2v) is 9.99. The Morgan fingerprint density at radius 2 is 1.33 bits per heavy atom. The maximum absolute atomic E-state index is 10.2. The van der Waals surface area contributed by atoms with E-state index in [-0.39, 0.29) is 0 Å². The molecule has 0 aliphatic rings. The number of nitrogens with zero attached hydrogens (tertiary/aromatic N) is 3. The molecule has 2 aromatic heterocycles. The number of nitrogens with one attached hydrogen (secondary N) is 1. The minimum atomic E-state index is -1.05. The lowest BCUT2D eigenvalue weighted by Gasteiger charge is -2.04. The van der Waals surface area contributed by atoms with E-state index in [4.69, 9.17) is 71.8 Å². The van der Waals surface area contributed by atoms with Crippen molar-refractivity contribution in [2.24, 2.45) is 0 Å². The van der Waals surface area contributed by atoms with Crippen LogP contribution in [0.3, 0.4) is 0 Å². The van der Waals surface area contributed by atoms with Crippen LogP contribution in [0.1, 0.15) is 11.4 Å². The Balaban J connectivity index is 0.000000180. The van der Waals surface area contributed by atoms with Gasteiger partial charge in [0.15, 0.2) is 24.7 Å². The highest BCUT2D eigenvalue weighted by molar-refractivity contribution is 6.36. The number of carbonyl (C=O) groups is 2. The first-order valence-corrected chi connectivity index (χ1v) is 13.6. The Morgan fingerprint density at radius 1 is 0.791 bits per heavy atom. The standard InChI is InChI=1S/C12H11N5.2C8H6Cl2O3/c13-11-10-12(15-7-14-10)17-9(16-11)6-8-4-2-1-3-5-8;2*9-5-1-2-7(6(10)3-5)13-4-8(11)12/h1-5,7H,6H2,(H3,13,14,15,16,17);2*1-3H,4H2,(H,11,12). The molecule has 0 spiro atoms. The van der Waals surface area contributed by atoms with Gasteiger partial charge in [-0.2, -0.15) is 0 Å². The summed E-state index contributed by atoms with van der Waals surface area (Å²) in [4.78, 5) is 35.9. The number of anilines is 1. The number of aromatic amines is 1. The van der Waals surface area contributed by atoms with Crippen LogP contribution in [0.25, 0.3) is 11.2 Å². The summed E-state index contributed by atoms with van der Waals surface area (Å²) in [5, 5.41) is 18.2. The second-order valence-electron chi connectivity index (χ2n) is 8.30. The second kappa shape index (κ2) is 16.4. The number of aliphatic carboxylic acids is 2. The van der Waals surface area contributed by atoms with Crippen molar-refractivity contribution in [2.75, 3.05) is 18.9 Å². The number of carboxylic acids is 2. The highest BCUT2D eigenvalue weighted by atomic mass is 35.5. The monoisotopic (exact) mass is 665 g/mol. The largest absolute Gasteiger partial charge is 0.480 e. The summed E-state index contributed by atoms with van der Waals surface area (Å²) in [7, 11) is 0. The minimum absolute atomic E-state index is 0.300. The maximum Gasteiger partial charge on any atom is 0.341 e. The van der Waals surface area contributed by atoms with Crippen LogP contribution in [0.4, 0.5) is 5.82 Å². The minimum Gasteiger partial charge on any atom is -0.480 e. The fourth-order valence-corrected chi connectivity index (χ4v) is 4.15. The number of ether oxygens (including phenoxy) is 2. The number of aromatic nitrogens is 4. The van der Waals surface area contributed by atoms with Crippen molar-refractivity contribution in [3.8, 4) is 11.5 Å². The van der Waals surface area contributed by atoms with E-state index in [0.29, 0.717) is 60.8 Å². The Labute approximate surface area is 265 Å². The Kier molecular flexibility index (Phi) is 12.6. The topological polar surface area (TPSA) is 174 Å². The van der Waals surface area contributed by atoms with Gasteiger partial charge in [0.25, 0.3) is 0 Å². The molecular formula is C28H23Cl4N5O6. The van der Waals surface area contributed by atoms with Gasteiger partial charge in [-0.15, -0.1) is 0 Å². The number of carboxylic acid groups (broad SMARTS) is 2. The summed E-state index contributed by atoms with van der Waals surface area (Å²) in [6, 6.07) is 19.2. The van der Waals surface area contributed by atoms with E-state index in [1.807, 2.05) is 30.3 Å². The molecule has 0 saturated heterocycles. The molecule has 5 aromatic rings.